The number of fused-ring (bicyclic) bond motifs is 1. The fraction of sp³-hybridized carbons (Fsp3) is 0.429. The van der Waals surface area contributed by atoms with Gasteiger partial charge in [-0.2, -0.15) is 0 Å². The van der Waals surface area contributed by atoms with Gasteiger partial charge in [-0.25, -0.2) is 0 Å². The summed E-state index contributed by atoms with van der Waals surface area (Å²) in [7, 11) is 2.00. The topological polar surface area (TPSA) is 34.0 Å². The standard InChI is InChI=1S/C14H16AtClN4/c1-14(2)5-13-18-7-11(20(13)8-14)9-4-12(19(3)15)17-6-10(9)16/h4,6-7H,5,8H2,1-3H3. The molecule has 4 nitrogen and oxygen atoms in total. The summed E-state index contributed by atoms with van der Waals surface area (Å²) in [5.74, 6) is 2.07. The Balaban J connectivity index is 2.10. The fourth-order valence-electron chi connectivity index (χ4n) is 2.65. The van der Waals surface area contributed by atoms with Crippen LogP contribution in [0.25, 0.3) is 11.3 Å². The van der Waals surface area contributed by atoms with Crippen LogP contribution in [0.3, 0.4) is 0 Å². The van der Waals surface area contributed by atoms with Crippen LogP contribution in [0.5, 0.6) is 0 Å². The second kappa shape index (κ2) is 4.96. The van der Waals surface area contributed by atoms with Crippen LogP contribution in [0.4, 0.5) is 5.82 Å². The Labute approximate surface area is 139 Å². The summed E-state index contributed by atoms with van der Waals surface area (Å²) in [6, 6.07) is 2.04. The van der Waals surface area contributed by atoms with Crippen molar-refractivity contribution in [2.45, 2.75) is 26.8 Å². The van der Waals surface area contributed by atoms with E-state index in [1.165, 1.54) is 0 Å². The van der Waals surface area contributed by atoms with Gasteiger partial charge in [-0.1, -0.05) is 0 Å². The first-order valence-electron chi connectivity index (χ1n) is 6.47. The van der Waals surface area contributed by atoms with Crippen molar-refractivity contribution in [1.29, 1.82) is 0 Å². The fourth-order valence-corrected chi connectivity index (χ4v) is 3.21. The predicted molar refractivity (Wildman–Crippen MR) is 76.4 cm³/mol. The number of halogens is 1. The molecule has 1 aliphatic rings. The van der Waals surface area contributed by atoms with Gasteiger partial charge in [0.15, 0.2) is 0 Å². The first-order valence-corrected chi connectivity index (χ1v) is 8.16. The number of hydrogen-bond donors (Lipinski definition) is 0. The molecule has 0 bridgehead atoms. The van der Waals surface area contributed by atoms with Crippen molar-refractivity contribution in [3.05, 3.63) is 29.3 Å². The molecule has 0 atom stereocenters. The van der Waals surface area contributed by atoms with E-state index in [1.54, 1.807) is 31.2 Å². The molecule has 0 aromatic carbocycles. The number of hydrogen-bond acceptors (Lipinski definition) is 3. The first-order chi connectivity index (χ1) is 9.37. The first kappa shape index (κ1) is 14.3. The van der Waals surface area contributed by atoms with E-state index in [-0.39, 0.29) is 5.41 Å². The summed E-state index contributed by atoms with van der Waals surface area (Å²) in [6.45, 7) is 5.53. The van der Waals surface area contributed by atoms with E-state index in [4.69, 9.17) is 11.6 Å². The van der Waals surface area contributed by atoms with Gasteiger partial charge in [-0.05, 0) is 0 Å². The summed E-state index contributed by atoms with van der Waals surface area (Å²) >= 11 is 7.90. The van der Waals surface area contributed by atoms with E-state index in [9.17, 15) is 0 Å². The summed E-state index contributed by atoms with van der Waals surface area (Å²) in [5.41, 5.74) is 2.37. The zero-order valence-electron chi connectivity index (χ0n) is 11.7. The molecule has 0 saturated carbocycles. The van der Waals surface area contributed by atoms with Gasteiger partial charge in [0.25, 0.3) is 0 Å². The van der Waals surface area contributed by atoms with Crippen molar-refractivity contribution < 1.29 is 25.0 Å². The summed E-state index contributed by atoms with van der Waals surface area (Å²) < 4.78 is 4.32. The van der Waals surface area contributed by atoms with Gasteiger partial charge in [0, 0.05) is 0 Å². The minimum absolute atomic E-state index is 0.269. The van der Waals surface area contributed by atoms with Crippen molar-refractivity contribution in [3.63, 3.8) is 0 Å². The van der Waals surface area contributed by atoms with Crippen LogP contribution in [0, 0.1) is 30.4 Å². The molecule has 106 valence electrons. The molecule has 0 saturated heterocycles. The third kappa shape index (κ3) is 2.46. The summed E-state index contributed by atoms with van der Waals surface area (Å²) in [5, 5.41) is 0.676. The maximum atomic E-state index is 6.35. The van der Waals surface area contributed by atoms with Gasteiger partial charge < -0.3 is 0 Å². The molecule has 3 rings (SSSR count). The molecule has 6 heteroatoms. The Morgan fingerprint density at radius 2 is 2.10 bits per heavy atom. The van der Waals surface area contributed by atoms with E-state index in [1.807, 2.05) is 22.2 Å². The third-order valence-corrected chi connectivity index (χ3v) is 4.57. The SMILES string of the molecule is CN([At])c1cc(-c2cnc3n2CC(C)(C)C3)c(Cl)cn1. The van der Waals surface area contributed by atoms with Crippen molar-refractivity contribution in [2.75, 3.05) is 9.89 Å². The quantitative estimate of drug-likeness (QED) is 0.656. The van der Waals surface area contributed by atoms with E-state index >= 15 is 0 Å². The van der Waals surface area contributed by atoms with Crippen molar-refractivity contribution >= 4 is 17.4 Å². The number of nitrogens with zero attached hydrogens (tertiary/aromatic N) is 4. The van der Waals surface area contributed by atoms with Crippen LogP contribution in [0.1, 0.15) is 19.7 Å². The minimum atomic E-state index is 0.269. The number of aromatic nitrogens is 3. The Bertz CT molecular complexity index is 663. The second-order valence-corrected chi connectivity index (χ2v) is 8.36. The number of anilines is 1. The zero-order valence-corrected chi connectivity index (χ0v) is 15.4. The van der Waals surface area contributed by atoms with Gasteiger partial charge in [0.1, 0.15) is 0 Å². The Morgan fingerprint density at radius 1 is 1.35 bits per heavy atom. The molecular formula is C14H16AtClN4. The van der Waals surface area contributed by atoms with E-state index in [0.717, 1.165) is 35.9 Å². The van der Waals surface area contributed by atoms with Gasteiger partial charge in [0.05, 0.1) is 0 Å². The van der Waals surface area contributed by atoms with Gasteiger partial charge in [-0.3, -0.25) is 0 Å². The van der Waals surface area contributed by atoms with Gasteiger partial charge in [-0.15, -0.1) is 0 Å². The maximum absolute atomic E-state index is 6.35. The van der Waals surface area contributed by atoms with Gasteiger partial charge >= 0.3 is 140 Å². The van der Waals surface area contributed by atoms with Crippen LogP contribution < -0.4 is 2.84 Å². The zero-order chi connectivity index (χ0) is 14.5. The van der Waals surface area contributed by atoms with Crippen LogP contribution >= 0.6 is 11.6 Å². The molecule has 0 spiro atoms. The van der Waals surface area contributed by atoms with Crippen molar-refractivity contribution in [3.8, 4) is 11.3 Å². The summed E-state index contributed by atoms with van der Waals surface area (Å²) in [4.78, 5) is 8.91. The second-order valence-electron chi connectivity index (χ2n) is 5.99. The van der Waals surface area contributed by atoms with Gasteiger partial charge in [0.2, 0.25) is 0 Å². The Hall–Kier alpha value is -0.667. The number of pyridine rings is 1. The van der Waals surface area contributed by atoms with Crippen LogP contribution in [0.2, 0.25) is 5.02 Å². The molecule has 20 heavy (non-hydrogen) atoms. The molecule has 0 aliphatic carbocycles. The van der Waals surface area contributed by atoms with Crippen LogP contribution in [-0.4, -0.2) is 21.6 Å². The molecule has 0 fully saturated rings. The van der Waals surface area contributed by atoms with E-state index in [0.29, 0.717) is 5.02 Å². The molecule has 3 heterocycles. The van der Waals surface area contributed by atoms with Crippen molar-refractivity contribution in [1.82, 2.24) is 14.5 Å². The molecule has 0 N–H and O–H groups in total. The average molecular weight is 486 g/mol. The predicted octanol–water partition coefficient (Wildman–Crippen LogP) is 3.08. The number of imidazole rings is 1. The van der Waals surface area contributed by atoms with Crippen LogP contribution in [-0.2, 0) is 13.0 Å². The molecule has 2 aromatic heterocycles. The normalized spacial score (nSPS) is 16.2. The average Bonchev–Trinajstić information content (AvgIpc) is 2.84. The molecule has 2 aromatic rings. The molecule has 0 unspecified atom stereocenters. The Kier molecular flexibility index (Phi) is 3.54. The summed E-state index contributed by atoms with van der Waals surface area (Å²) in [6.07, 6.45) is 4.66. The van der Waals surface area contributed by atoms with E-state index < -0.39 is 0 Å². The molecule has 1 aliphatic heterocycles. The monoisotopic (exact) mass is 485 g/mol. The Morgan fingerprint density at radius 3 is 2.80 bits per heavy atom. The van der Waals surface area contributed by atoms with Crippen LogP contribution in [0.15, 0.2) is 18.5 Å². The molecular weight excluding hydrogens is 470 g/mol. The molecule has 0 amide bonds. The third-order valence-electron chi connectivity index (χ3n) is 3.59. The van der Waals surface area contributed by atoms with E-state index in [2.05, 4.69) is 28.4 Å². The van der Waals surface area contributed by atoms with Crippen molar-refractivity contribution in [2.24, 2.45) is 5.41 Å². The molecule has 0 radical (unpaired) electrons. The number of rotatable bonds is 2.